The van der Waals surface area contributed by atoms with Gasteiger partial charge in [0.25, 0.3) is 6.43 Å². The van der Waals surface area contributed by atoms with Crippen molar-refractivity contribution in [2.45, 2.75) is 45.1 Å². The van der Waals surface area contributed by atoms with E-state index in [1.807, 2.05) is 0 Å². The largest absolute Gasteiger partial charge is 0.466 e. The highest BCUT2D eigenvalue weighted by atomic mass is 19.3. The first-order valence-electron chi connectivity index (χ1n) is 6.82. The minimum atomic E-state index is -2.66. The van der Waals surface area contributed by atoms with Crippen molar-refractivity contribution in [1.82, 2.24) is 9.78 Å². The van der Waals surface area contributed by atoms with Gasteiger partial charge in [-0.3, -0.25) is 9.48 Å². The van der Waals surface area contributed by atoms with Crippen molar-refractivity contribution >= 4 is 11.7 Å². The highest BCUT2D eigenvalue weighted by Gasteiger charge is 2.29. The van der Waals surface area contributed by atoms with Crippen LogP contribution in [-0.2, 0) is 9.53 Å². The first kappa shape index (κ1) is 14.7. The summed E-state index contributed by atoms with van der Waals surface area (Å²) >= 11 is 0. The van der Waals surface area contributed by atoms with E-state index in [2.05, 4.69) is 5.10 Å². The Morgan fingerprint density at radius 2 is 2.15 bits per heavy atom. The maximum Gasteiger partial charge on any atom is 0.308 e. The molecule has 112 valence electrons. The molecule has 1 aliphatic carbocycles. The van der Waals surface area contributed by atoms with Gasteiger partial charge >= 0.3 is 5.97 Å². The molecule has 0 atom stereocenters. The molecule has 0 saturated heterocycles. The molecule has 1 aromatic heterocycles. The number of nitrogens with two attached hydrogens (primary N) is 1. The summed E-state index contributed by atoms with van der Waals surface area (Å²) in [7, 11) is 0. The minimum Gasteiger partial charge on any atom is -0.466 e. The fraction of sp³-hybridized carbons (Fsp3) is 0.692. The quantitative estimate of drug-likeness (QED) is 0.864. The molecule has 1 fully saturated rings. The maximum atomic E-state index is 12.6. The average Bonchev–Trinajstić information content (AvgIpc) is 2.81. The lowest BCUT2D eigenvalue weighted by Crippen LogP contribution is -2.25. The third kappa shape index (κ3) is 3.08. The molecule has 1 aromatic rings. The predicted octanol–water partition coefficient (Wildman–Crippen LogP) is 2.70. The van der Waals surface area contributed by atoms with Crippen LogP contribution in [0.5, 0.6) is 0 Å². The Hall–Kier alpha value is -1.66. The number of carbonyl (C=O) groups is 1. The molecular formula is C13H19F2N3O2. The van der Waals surface area contributed by atoms with Gasteiger partial charge in [-0.25, -0.2) is 8.78 Å². The smallest absolute Gasteiger partial charge is 0.308 e. The summed E-state index contributed by atoms with van der Waals surface area (Å²) in [6, 6.07) is 0.0236. The number of rotatable bonds is 4. The van der Waals surface area contributed by atoms with Crippen LogP contribution >= 0.6 is 0 Å². The Morgan fingerprint density at radius 1 is 1.50 bits per heavy atom. The number of halogens is 2. The van der Waals surface area contributed by atoms with E-state index in [1.54, 1.807) is 6.92 Å². The molecule has 0 unspecified atom stereocenters. The van der Waals surface area contributed by atoms with Crippen LogP contribution in [0.4, 0.5) is 14.5 Å². The molecule has 5 nitrogen and oxygen atoms in total. The molecule has 0 spiro atoms. The third-order valence-electron chi connectivity index (χ3n) is 3.69. The van der Waals surface area contributed by atoms with E-state index in [9.17, 15) is 13.6 Å². The number of hydrogen-bond donors (Lipinski definition) is 1. The standard InChI is InChI=1S/C13H19F2N3O2/c1-2-20-13(19)8-3-5-9(6-4-8)18-7-10(16)11(17-18)12(14)15/h7-9,12H,2-6,16H2,1H3. The van der Waals surface area contributed by atoms with Crippen molar-refractivity contribution < 1.29 is 18.3 Å². The summed E-state index contributed by atoms with van der Waals surface area (Å²) in [6.45, 7) is 2.16. The topological polar surface area (TPSA) is 70.1 Å². The van der Waals surface area contributed by atoms with Crippen LogP contribution in [-0.4, -0.2) is 22.4 Å². The van der Waals surface area contributed by atoms with Gasteiger partial charge in [0.2, 0.25) is 0 Å². The van der Waals surface area contributed by atoms with E-state index >= 15 is 0 Å². The second-order valence-electron chi connectivity index (χ2n) is 5.01. The Labute approximate surface area is 116 Å². The number of anilines is 1. The van der Waals surface area contributed by atoms with Crippen LogP contribution in [0.1, 0.15) is 50.8 Å². The summed E-state index contributed by atoms with van der Waals surface area (Å²) in [4.78, 5) is 11.6. The van der Waals surface area contributed by atoms with Crippen molar-refractivity contribution in [2.75, 3.05) is 12.3 Å². The fourth-order valence-electron chi connectivity index (χ4n) is 2.61. The highest BCUT2D eigenvalue weighted by molar-refractivity contribution is 5.72. The summed E-state index contributed by atoms with van der Waals surface area (Å²) in [5.74, 6) is -0.257. The lowest BCUT2D eigenvalue weighted by molar-refractivity contribution is -0.149. The zero-order valence-corrected chi connectivity index (χ0v) is 11.4. The number of nitrogens with zero attached hydrogens (tertiary/aromatic N) is 2. The molecular weight excluding hydrogens is 268 g/mol. The number of alkyl halides is 2. The van der Waals surface area contributed by atoms with E-state index < -0.39 is 6.43 Å². The van der Waals surface area contributed by atoms with Gasteiger partial charge in [0.05, 0.1) is 24.3 Å². The van der Waals surface area contributed by atoms with Gasteiger partial charge in [-0.15, -0.1) is 0 Å². The van der Waals surface area contributed by atoms with Crippen molar-refractivity contribution in [3.63, 3.8) is 0 Å². The number of carbonyl (C=O) groups excluding carboxylic acids is 1. The molecule has 0 aromatic carbocycles. The summed E-state index contributed by atoms with van der Waals surface area (Å²) in [5, 5.41) is 3.86. The Kier molecular flexibility index (Phi) is 4.57. The molecule has 0 bridgehead atoms. The van der Waals surface area contributed by atoms with Gasteiger partial charge in [-0.05, 0) is 32.6 Å². The minimum absolute atomic E-state index is 0.0208. The molecule has 7 heteroatoms. The second kappa shape index (κ2) is 6.19. The lowest BCUT2D eigenvalue weighted by Gasteiger charge is -2.27. The van der Waals surface area contributed by atoms with Gasteiger partial charge in [0.1, 0.15) is 0 Å². The zero-order valence-electron chi connectivity index (χ0n) is 11.4. The van der Waals surface area contributed by atoms with E-state index in [1.165, 1.54) is 10.9 Å². The fourth-order valence-corrected chi connectivity index (χ4v) is 2.61. The molecule has 0 amide bonds. The van der Waals surface area contributed by atoms with Crippen molar-refractivity contribution in [1.29, 1.82) is 0 Å². The van der Waals surface area contributed by atoms with Crippen LogP contribution < -0.4 is 5.73 Å². The van der Waals surface area contributed by atoms with Gasteiger partial charge < -0.3 is 10.5 Å². The molecule has 1 saturated carbocycles. The van der Waals surface area contributed by atoms with Crippen LogP contribution in [0.3, 0.4) is 0 Å². The first-order valence-corrected chi connectivity index (χ1v) is 6.82. The molecule has 1 aliphatic rings. The van der Waals surface area contributed by atoms with Crippen molar-refractivity contribution in [2.24, 2.45) is 5.92 Å². The highest BCUT2D eigenvalue weighted by Crippen LogP contribution is 2.34. The van der Waals surface area contributed by atoms with Gasteiger partial charge in [-0.1, -0.05) is 0 Å². The molecule has 1 heterocycles. The zero-order chi connectivity index (χ0) is 14.7. The number of nitrogen functional groups attached to an aromatic ring is 1. The molecule has 20 heavy (non-hydrogen) atoms. The molecule has 2 rings (SSSR count). The van der Waals surface area contributed by atoms with Crippen LogP contribution in [0.2, 0.25) is 0 Å². The summed E-state index contributed by atoms with van der Waals surface area (Å²) < 4.78 is 31.8. The lowest BCUT2D eigenvalue weighted by atomic mass is 9.86. The molecule has 2 N–H and O–H groups in total. The third-order valence-corrected chi connectivity index (χ3v) is 3.69. The SMILES string of the molecule is CCOC(=O)C1CCC(n2cc(N)c(C(F)F)n2)CC1. The van der Waals surface area contributed by atoms with E-state index in [-0.39, 0.29) is 29.3 Å². The molecule has 0 radical (unpaired) electrons. The Bertz CT molecular complexity index is 468. The number of esters is 1. The Morgan fingerprint density at radius 3 is 2.65 bits per heavy atom. The number of aromatic nitrogens is 2. The first-order chi connectivity index (χ1) is 9.52. The average molecular weight is 287 g/mol. The van der Waals surface area contributed by atoms with E-state index in [0.717, 1.165) is 0 Å². The predicted molar refractivity (Wildman–Crippen MR) is 69.2 cm³/mol. The van der Waals surface area contributed by atoms with Crippen LogP contribution in [0, 0.1) is 5.92 Å². The second-order valence-corrected chi connectivity index (χ2v) is 5.01. The summed E-state index contributed by atoms with van der Waals surface area (Å²) in [5.41, 5.74) is 5.18. The van der Waals surface area contributed by atoms with Gasteiger partial charge in [0.15, 0.2) is 5.69 Å². The van der Waals surface area contributed by atoms with Crippen LogP contribution in [0.25, 0.3) is 0 Å². The molecule has 0 aliphatic heterocycles. The monoisotopic (exact) mass is 287 g/mol. The van der Waals surface area contributed by atoms with Crippen molar-refractivity contribution in [3.8, 4) is 0 Å². The van der Waals surface area contributed by atoms with Crippen molar-refractivity contribution in [3.05, 3.63) is 11.9 Å². The van der Waals surface area contributed by atoms with E-state index in [0.29, 0.717) is 32.3 Å². The normalized spacial score (nSPS) is 23.0. The van der Waals surface area contributed by atoms with Gasteiger partial charge in [-0.2, -0.15) is 5.10 Å². The van der Waals surface area contributed by atoms with Crippen LogP contribution in [0.15, 0.2) is 6.20 Å². The van der Waals surface area contributed by atoms with E-state index in [4.69, 9.17) is 10.5 Å². The maximum absolute atomic E-state index is 12.6. The summed E-state index contributed by atoms with van der Waals surface area (Å²) in [6.07, 6.45) is 1.60. The number of hydrogen-bond acceptors (Lipinski definition) is 4. The Balaban J connectivity index is 1.97. The van der Waals surface area contributed by atoms with Gasteiger partial charge in [0, 0.05) is 6.20 Å². The number of ether oxygens (including phenoxy) is 1.